The number of benzene rings is 2. The van der Waals surface area contributed by atoms with Crippen molar-refractivity contribution in [2.24, 2.45) is 5.92 Å². The summed E-state index contributed by atoms with van der Waals surface area (Å²) in [6, 6.07) is 13.8. The zero-order valence-electron chi connectivity index (χ0n) is 25.4. The third-order valence-electron chi connectivity index (χ3n) is 7.84. The standard InChI is InChI=1S/C18H21N3O3.C13H17NO.C2H6/c1-12-8-14(17-13(2)20-10-24-17)5-6-15(12)9-19-18(23)16-4-3-7-21(16)11-22;1-9(2)10(3)14-8-11-6-4-5-7-12(11)13(14)15;1-2/h5-6,8,10-11,16H,3-4,7,9H2,1-2H3,(H,19,23);4-7,9-10H,8H2,1-3H3;1-2H3. The van der Waals surface area contributed by atoms with Gasteiger partial charge >= 0.3 is 0 Å². The molecule has 1 saturated heterocycles. The largest absolute Gasteiger partial charge is 0.443 e. The summed E-state index contributed by atoms with van der Waals surface area (Å²) < 4.78 is 5.42. The number of aromatic nitrogens is 1. The molecule has 8 nitrogen and oxygen atoms in total. The molecule has 8 heteroatoms. The van der Waals surface area contributed by atoms with Gasteiger partial charge in [0.2, 0.25) is 12.3 Å². The van der Waals surface area contributed by atoms with E-state index in [9.17, 15) is 14.4 Å². The number of fused-ring (bicyclic) bond motifs is 1. The van der Waals surface area contributed by atoms with Crippen LogP contribution in [0.25, 0.3) is 11.3 Å². The number of carbonyl (C=O) groups excluding carboxylic acids is 3. The average molecular weight is 561 g/mol. The lowest BCUT2D eigenvalue weighted by Crippen LogP contribution is -2.42. The molecule has 2 unspecified atom stereocenters. The lowest BCUT2D eigenvalue weighted by molar-refractivity contribution is -0.131. The highest BCUT2D eigenvalue weighted by molar-refractivity contribution is 5.98. The highest BCUT2D eigenvalue weighted by Crippen LogP contribution is 2.27. The second kappa shape index (κ2) is 14.6. The first-order valence-corrected chi connectivity index (χ1v) is 14.6. The van der Waals surface area contributed by atoms with Gasteiger partial charge in [0.1, 0.15) is 6.04 Å². The molecule has 3 amide bonds. The van der Waals surface area contributed by atoms with Crippen LogP contribution < -0.4 is 5.32 Å². The molecule has 2 atom stereocenters. The van der Waals surface area contributed by atoms with Crippen LogP contribution in [0.3, 0.4) is 0 Å². The number of amides is 3. The minimum absolute atomic E-state index is 0.0887. The Kier molecular flexibility index (Phi) is 11.3. The van der Waals surface area contributed by atoms with Crippen molar-refractivity contribution in [3.63, 3.8) is 0 Å². The van der Waals surface area contributed by atoms with Gasteiger partial charge < -0.3 is 19.5 Å². The summed E-state index contributed by atoms with van der Waals surface area (Å²) in [6.07, 6.45) is 3.81. The minimum Gasteiger partial charge on any atom is -0.443 e. The van der Waals surface area contributed by atoms with Gasteiger partial charge in [0.15, 0.2) is 12.2 Å². The van der Waals surface area contributed by atoms with Gasteiger partial charge in [-0.25, -0.2) is 4.98 Å². The molecule has 5 rings (SSSR count). The summed E-state index contributed by atoms with van der Waals surface area (Å²) in [7, 11) is 0. The van der Waals surface area contributed by atoms with E-state index in [1.54, 1.807) is 4.90 Å². The molecule has 0 spiro atoms. The maximum absolute atomic E-state index is 12.3. The van der Waals surface area contributed by atoms with E-state index in [-0.39, 0.29) is 17.9 Å². The Balaban J connectivity index is 0.000000233. The summed E-state index contributed by atoms with van der Waals surface area (Å²) in [6.45, 7) is 16.2. The third kappa shape index (κ3) is 7.43. The Bertz CT molecular complexity index is 1330. The van der Waals surface area contributed by atoms with Crippen LogP contribution in [0.2, 0.25) is 0 Å². The summed E-state index contributed by atoms with van der Waals surface area (Å²) in [4.78, 5) is 42.9. The molecule has 220 valence electrons. The van der Waals surface area contributed by atoms with Crippen molar-refractivity contribution >= 4 is 18.2 Å². The third-order valence-corrected chi connectivity index (χ3v) is 7.84. The molecule has 1 aromatic heterocycles. The Morgan fingerprint density at radius 1 is 1.15 bits per heavy atom. The molecule has 0 saturated carbocycles. The van der Waals surface area contributed by atoms with Crippen molar-refractivity contribution in [2.75, 3.05) is 6.54 Å². The van der Waals surface area contributed by atoms with Crippen LogP contribution in [-0.2, 0) is 22.7 Å². The normalized spacial score (nSPS) is 16.4. The second-order valence-corrected chi connectivity index (χ2v) is 10.7. The molecule has 3 aromatic rings. The summed E-state index contributed by atoms with van der Waals surface area (Å²) >= 11 is 0. The smallest absolute Gasteiger partial charge is 0.254 e. The first-order chi connectivity index (χ1) is 19.7. The van der Waals surface area contributed by atoms with Gasteiger partial charge in [0.05, 0.1) is 5.69 Å². The Morgan fingerprint density at radius 3 is 2.49 bits per heavy atom. The maximum atomic E-state index is 12.3. The number of rotatable bonds is 7. The first-order valence-electron chi connectivity index (χ1n) is 14.6. The van der Waals surface area contributed by atoms with Gasteiger partial charge in [0, 0.05) is 36.8 Å². The number of carbonyl (C=O) groups is 3. The summed E-state index contributed by atoms with van der Waals surface area (Å²) in [5, 5.41) is 2.94. The van der Waals surface area contributed by atoms with Crippen molar-refractivity contribution in [3.05, 3.63) is 76.8 Å². The molecule has 1 fully saturated rings. The van der Waals surface area contributed by atoms with Gasteiger partial charge in [-0.2, -0.15) is 0 Å². The number of oxazole rings is 1. The molecule has 2 aliphatic heterocycles. The van der Waals surface area contributed by atoms with Crippen molar-refractivity contribution in [3.8, 4) is 11.3 Å². The van der Waals surface area contributed by atoms with Gasteiger partial charge in [-0.1, -0.05) is 58.0 Å². The lowest BCUT2D eigenvalue weighted by atomic mass is 10.0. The highest BCUT2D eigenvalue weighted by Gasteiger charge is 2.31. The molecule has 0 bridgehead atoms. The zero-order valence-corrected chi connectivity index (χ0v) is 25.4. The highest BCUT2D eigenvalue weighted by atomic mass is 16.3. The Labute approximate surface area is 244 Å². The van der Waals surface area contributed by atoms with Crippen molar-refractivity contribution in [1.29, 1.82) is 0 Å². The zero-order chi connectivity index (χ0) is 30.1. The molecule has 0 radical (unpaired) electrons. The van der Waals surface area contributed by atoms with Crippen LogP contribution >= 0.6 is 0 Å². The van der Waals surface area contributed by atoms with E-state index < -0.39 is 0 Å². The van der Waals surface area contributed by atoms with E-state index in [2.05, 4.69) is 31.1 Å². The molecule has 2 aromatic carbocycles. The number of nitrogens with one attached hydrogen (secondary N) is 1. The van der Waals surface area contributed by atoms with E-state index in [1.807, 2.05) is 75.1 Å². The maximum Gasteiger partial charge on any atom is 0.254 e. The van der Waals surface area contributed by atoms with E-state index in [0.717, 1.165) is 65.1 Å². The van der Waals surface area contributed by atoms with E-state index in [0.29, 0.717) is 25.0 Å². The van der Waals surface area contributed by atoms with Crippen LogP contribution in [0, 0.1) is 19.8 Å². The van der Waals surface area contributed by atoms with E-state index in [4.69, 9.17) is 4.42 Å². The molecular formula is C33H44N4O4. The van der Waals surface area contributed by atoms with Gasteiger partial charge in [-0.3, -0.25) is 14.4 Å². The molecule has 0 aliphatic carbocycles. The van der Waals surface area contributed by atoms with E-state index in [1.165, 1.54) is 6.39 Å². The fraction of sp³-hybridized carbons (Fsp3) is 0.455. The lowest BCUT2D eigenvalue weighted by Gasteiger charge is -2.27. The quantitative estimate of drug-likeness (QED) is 0.363. The van der Waals surface area contributed by atoms with Crippen LogP contribution in [0.5, 0.6) is 0 Å². The van der Waals surface area contributed by atoms with Crippen molar-refractivity contribution < 1.29 is 18.8 Å². The van der Waals surface area contributed by atoms with Crippen LogP contribution in [0.4, 0.5) is 0 Å². The topological polar surface area (TPSA) is 95.8 Å². The number of hydrogen-bond donors (Lipinski definition) is 1. The number of nitrogens with zero attached hydrogens (tertiary/aromatic N) is 3. The predicted molar refractivity (Wildman–Crippen MR) is 161 cm³/mol. The fourth-order valence-corrected chi connectivity index (χ4v) is 5.08. The molecule has 3 heterocycles. The molecule has 1 N–H and O–H groups in total. The number of aryl methyl sites for hydroxylation is 2. The van der Waals surface area contributed by atoms with Gasteiger partial charge in [-0.05, 0) is 68.4 Å². The SMILES string of the molecule is CC.CC(C)C(C)N1Cc2ccccc2C1=O.Cc1cc(-c2ocnc2C)ccc1CNC(=O)C1CCCN1C=O. The summed E-state index contributed by atoms with van der Waals surface area (Å²) in [5.74, 6) is 1.37. The minimum atomic E-state index is -0.334. The number of hydrogen-bond acceptors (Lipinski definition) is 5. The van der Waals surface area contributed by atoms with Crippen LogP contribution in [0.15, 0.2) is 53.3 Å². The van der Waals surface area contributed by atoms with Crippen LogP contribution in [-0.4, -0.2) is 51.6 Å². The molecule has 41 heavy (non-hydrogen) atoms. The predicted octanol–water partition coefficient (Wildman–Crippen LogP) is 5.91. The Hall–Kier alpha value is -3.94. The van der Waals surface area contributed by atoms with Crippen molar-refractivity contribution in [2.45, 2.75) is 86.5 Å². The summed E-state index contributed by atoms with van der Waals surface area (Å²) in [5.41, 5.74) is 5.98. The van der Waals surface area contributed by atoms with Gasteiger partial charge in [-0.15, -0.1) is 0 Å². The Morgan fingerprint density at radius 2 is 1.88 bits per heavy atom. The molecule has 2 aliphatic rings. The van der Waals surface area contributed by atoms with E-state index >= 15 is 0 Å². The van der Waals surface area contributed by atoms with Crippen LogP contribution in [0.1, 0.15) is 80.2 Å². The average Bonchev–Trinajstić information content (AvgIpc) is 3.72. The molecular weight excluding hydrogens is 516 g/mol. The number of likely N-dealkylation sites (tertiary alicyclic amines) is 1. The second-order valence-electron chi connectivity index (χ2n) is 10.7. The fourth-order valence-electron chi connectivity index (χ4n) is 5.08. The monoisotopic (exact) mass is 560 g/mol. The first kappa shape index (κ1) is 31.6. The van der Waals surface area contributed by atoms with Crippen molar-refractivity contribution in [1.82, 2.24) is 20.1 Å². The van der Waals surface area contributed by atoms with Gasteiger partial charge in [0.25, 0.3) is 5.91 Å².